The fraction of sp³-hybridized carbons (Fsp3) is 0.167. The molecule has 94 valence electrons. The number of rotatable bonds is 3. The van der Waals surface area contributed by atoms with Crippen molar-refractivity contribution in [2.24, 2.45) is 0 Å². The van der Waals surface area contributed by atoms with Crippen molar-refractivity contribution in [3.63, 3.8) is 0 Å². The Hall–Kier alpha value is -2.01. The summed E-state index contributed by atoms with van der Waals surface area (Å²) in [4.78, 5) is 11.8. The zero-order valence-electron chi connectivity index (χ0n) is 9.86. The van der Waals surface area contributed by atoms with Crippen LogP contribution in [0.3, 0.4) is 0 Å². The van der Waals surface area contributed by atoms with Crippen LogP contribution in [0, 0.1) is 6.92 Å². The summed E-state index contributed by atoms with van der Waals surface area (Å²) >= 11 is 5.89. The summed E-state index contributed by atoms with van der Waals surface area (Å²) in [5, 5.41) is 6.78. The summed E-state index contributed by atoms with van der Waals surface area (Å²) in [6.07, 6.45) is 0. The molecule has 0 bridgehead atoms. The Bertz CT molecular complexity index is 580. The Balaban J connectivity index is 2.16. The van der Waals surface area contributed by atoms with Gasteiger partial charge in [0, 0.05) is 17.8 Å². The molecule has 18 heavy (non-hydrogen) atoms. The molecule has 0 saturated heterocycles. The highest BCUT2D eigenvalue weighted by atomic mass is 35.5. The molecule has 1 amide bonds. The van der Waals surface area contributed by atoms with E-state index >= 15 is 0 Å². The van der Waals surface area contributed by atoms with Gasteiger partial charge in [0.1, 0.15) is 11.5 Å². The first-order chi connectivity index (χ1) is 8.60. The molecule has 0 radical (unpaired) electrons. The van der Waals surface area contributed by atoms with E-state index in [1.54, 1.807) is 31.2 Å². The molecule has 1 aromatic heterocycles. The van der Waals surface area contributed by atoms with Gasteiger partial charge in [0.05, 0.1) is 12.1 Å². The van der Waals surface area contributed by atoms with Gasteiger partial charge >= 0.3 is 0 Å². The third-order valence-electron chi connectivity index (χ3n) is 2.27. The van der Waals surface area contributed by atoms with E-state index in [0.717, 1.165) is 0 Å². The number of anilines is 1. The van der Waals surface area contributed by atoms with Crippen LogP contribution < -0.4 is 10.1 Å². The second-order valence-electron chi connectivity index (χ2n) is 3.63. The predicted octanol–water partition coefficient (Wildman–Crippen LogP) is 2.90. The molecule has 0 atom stereocenters. The van der Waals surface area contributed by atoms with E-state index in [4.69, 9.17) is 20.9 Å². The van der Waals surface area contributed by atoms with Gasteiger partial charge in [-0.25, -0.2) is 0 Å². The van der Waals surface area contributed by atoms with Gasteiger partial charge in [0.2, 0.25) is 0 Å². The normalized spacial score (nSPS) is 10.2. The number of benzene rings is 1. The maximum Gasteiger partial charge on any atom is 0.277 e. The summed E-state index contributed by atoms with van der Waals surface area (Å²) in [5.74, 6) is 0.718. The summed E-state index contributed by atoms with van der Waals surface area (Å²) < 4.78 is 9.89. The molecular formula is C12H11ClN2O3. The van der Waals surface area contributed by atoms with Gasteiger partial charge in [-0.3, -0.25) is 4.79 Å². The molecule has 0 fully saturated rings. The van der Waals surface area contributed by atoms with Crippen molar-refractivity contribution < 1.29 is 14.1 Å². The average molecular weight is 267 g/mol. The molecule has 6 heteroatoms. The lowest BCUT2D eigenvalue weighted by Gasteiger charge is -2.06. The smallest absolute Gasteiger partial charge is 0.277 e. The van der Waals surface area contributed by atoms with Crippen LogP contribution >= 0.6 is 11.6 Å². The van der Waals surface area contributed by atoms with Gasteiger partial charge in [-0.15, -0.1) is 0 Å². The number of aromatic nitrogens is 1. The standard InChI is InChI=1S/C12H11ClN2O3/c1-7-5-10(15-18-7)12(16)14-8-3-4-9(13)11(6-8)17-2/h3-6H,1-2H3,(H,14,16). The molecule has 0 aliphatic heterocycles. The number of halogens is 1. The summed E-state index contributed by atoms with van der Waals surface area (Å²) in [6, 6.07) is 6.51. The molecule has 1 N–H and O–H groups in total. The van der Waals surface area contributed by atoms with Crippen molar-refractivity contribution >= 4 is 23.2 Å². The molecule has 1 heterocycles. The number of amides is 1. The number of ether oxygens (including phenoxy) is 1. The molecule has 0 unspecified atom stereocenters. The molecule has 1 aromatic carbocycles. The Morgan fingerprint density at radius 2 is 2.22 bits per heavy atom. The fourth-order valence-corrected chi connectivity index (χ4v) is 1.60. The highest BCUT2D eigenvalue weighted by molar-refractivity contribution is 6.32. The van der Waals surface area contributed by atoms with Crippen LogP contribution in [0.15, 0.2) is 28.8 Å². The van der Waals surface area contributed by atoms with E-state index < -0.39 is 0 Å². The number of hydrogen-bond acceptors (Lipinski definition) is 4. The molecule has 0 aliphatic carbocycles. The van der Waals surface area contributed by atoms with Crippen molar-refractivity contribution in [1.82, 2.24) is 5.16 Å². The van der Waals surface area contributed by atoms with Crippen molar-refractivity contribution in [3.05, 3.63) is 40.7 Å². The highest BCUT2D eigenvalue weighted by Crippen LogP contribution is 2.27. The van der Waals surface area contributed by atoms with Crippen LogP contribution in [0.1, 0.15) is 16.2 Å². The molecule has 2 rings (SSSR count). The molecule has 0 spiro atoms. The van der Waals surface area contributed by atoms with Crippen LogP contribution in [0.25, 0.3) is 0 Å². The van der Waals surface area contributed by atoms with Gasteiger partial charge < -0.3 is 14.6 Å². The largest absolute Gasteiger partial charge is 0.495 e. The number of methoxy groups -OCH3 is 1. The molecule has 2 aromatic rings. The quantitative estimate of drug-likeness (QED) is 0.928. The Labute approximate surface area is 109 Å². The zero-order valence-corrected chi connectivity index (χ0v) is 10.6. The minimum absolute atomic E-state index is 0.224. The van der Waals surface area contributed by atoms with Crippen molar-refractivity contribution in [2.45, 2.75) is 6.92 Å². The Morgan fingerprint density at radius 1 is 1.44 bits per heavy atom. The molecule has 0 saturated carbocycles. The van der Waals surface area contributed by atoms with Crippen LogP contribution in [-0.4, -0.2) is 18.2 Å². The summed E-state index contributed by atoms with van der Waals surface area (Å²) in [7, 11) is 1.51. The average Bonchev–Trinajstić information content (AvgIpc) is 2.78. The van der Waals surface area contributed by atoms with Crippen LogP contribution in [0.2, 0.25) is 5.02 Å². The zero-order chi connectivity index (χ0) is 13.1. The number of nitrogens with one attached hydrogen (secondary N) is 1. The fourth-order valence-electron chi connectivity index (χ4n) is 1.41. The van der Waals surface area contributed by atoms with Gasteiger partial charge in [0.15, 0.2) is 5.69 Å². The van der Waals surface area contributed by atoms with Crippen molar-refractivity contribution in [3.8, 4) is 5.75 Å². The number of aryl methyl sites for hydroxylation is 1. The van der Waals surface area contributed by atoms with E-state index in [1.165, 1.54) is 7.11 Å². The van der Waals surface area contributed by atoms with Crippen LogP contribution in [-0.2, 0) is 0 Å². The Morgan fingerprint density at radius 3 is 2.83 bits per heavy atom. The number of hydrogen-bond donors (Lipinski definition) is 1. The molecule has 5 nitrogen and oxygen atoms in total. The lowest BCUT2D eigenvalue weighted by Crippen LogP contribution is -2.12. The van der Waals surface area contributed by atoms with Crippen molar-refractivity contribution in [1.29, 1.82) is 0 Å². The first-order valence-corrected chi connectivity index (χ1v) is 5.56. The van der Waals surface area contributed by atoms with Gasteiger partial charge in [-0.2, -0.15) is 0 Å². The lowest BCUT2D eigenvalue weighted by molar-refractivity contribution is 0.101. The third kappa shape index (κ3) is 2.62. The number of nitrogens with zero attached hydrogens (tertiary/aromatic N) is 1. The number of carbonyl (C=O) groups excluding carboxylic acids is 1. The first-order valence-electron chi connectivity index (χ1n) is 5.18. The van der Waals surface area contributed by atoms with E-state index in [1.807, 2.05) is 0 Å². The number of carbonyl (C=O) groups is 1. The van der Waals surface area contributed by atoms with E-state index in [-0.39, 0.29) is 11.6 Å². The third-order valence-corrected chi connectivity index (χ3v) is 2.58. The minimum Gasteiger partial charge on any atom is -0.495 e. The maximum absolute atomic E-state index is 11.8. The summed E-state index contributed by atoms with van der Waals surface area (Å²) in [5.41, 5.74) is 0.795. The van der Waals surface area contributed by atoms with Crippen molar-refractivity contribution in [2.75, 3.05) is 12.4 Å². The molecule has 0 aliphatic rings. The van der Waals surface area contributed by atoms with Gasteiger partial charge in [0.25, 0.3) is 5.91 Å². The minimum atomic E-state index is -0.351. The van der Waals surface area contributed by atoms with Crippen LogP contribution in [0.4, 0.5) is 5.69 Å². The second kappa shape index (κ2) is 5.10. The van der Waals surface area contributed by atoms with Gasteiger partial charge in [-0.1, -0.05) is 16.8 Å². The lowest BCUT2D eigenvalue weighted by atomic mass is 10.3. The topological polar surface area (TPSA) is 64.4 Å². The van der Waals surface area contributed by atoms with Gasteiger partial charge in [-0.05, 0) is 19.1 Å². The van der Waals surface area contributed by atoms with E-state index in [0.29, 0.717) is 22.2 Å². The molecular weight excluding hydrogens is 256 g/mol. The summed E-state index contributed by atoms with van der Waals surface area (Å²) in [6.45, 7) is 1.72. The predicted molar refractivity (Wildman–Crippen MR) is 67.2 cm³/mol. The SMILES string of the molecule is COc1cc(NC(=O)c2cc(C)on2)ccc1Cl. The maximum atomic E-state index is 11.8. The van der Waals surface area contributed by atoms with E-state index in [2.05, 4.69) is 10.5 Å². The van der Waals surface area contributed by atoms with Crippen LogP contribution in [0.5, 0.6) is 5.75 Å². The van der Waals surface area contributed by atoms with E-state index in [9.17, 15) is 4.79 Å². The monoisotopic (exact) mass is 266 g/mol. The highest BCUT2D eigenvalue weighted by Gasteiger charge is 2.12. The Kier molecular flexibility index (Phi) is 3.53. The first kappa shape index (κ1) is 12.4. The second-order valence-corrected chi connectivity index (χ2v) is 4.03.